The number of nitrogens with one attached hydrogen (secondary N) is 1. The van der Waals surface area contributed by atoms with Crippen LogP contribution in [0.5, 0.6) is 5.75 Å². The van der Waals surface area contributed by atoms with Gasteiger partial charge < -0.3 is 15.2 Å². The Balaban J connectivity index is 1.71. The minimum atomic E-state index is -0.782. The third-order valence-electron chi connectivity index (χ3n) is 4.77. The van der Waals surface area contributed by atoms with Crippen LogP contribution >= 0.6 is 0 Å². The Morgan fingerprint density at radius 2 is 2.08 bits per heavy atom. The summed E-state index contributed by atoms with van der Waals surface area (Å²) in [6.07, 6.45) is 6.38. The number of carbonyl (C=O) groups excluding carboxylic acids is 1. The number of rotatable bonds is 5. The third-order valence-corrected chi connectivity index (χ3v) is 4.77. The molecule has 0 saturated heterocycles. The first-order valence-electron chi connectivity index (χ1n) is 8.72. The van der Waals surface area contributed by atoms with Gasteiger partial charge in [0.25, 0.3) is 5.91 Å². The zero-order chi connectivity index (χ0) is 17.9. The number of ether oxygens (including phenoxy) is 1. The van der Waals surface area contributed by atoms with Gasteiger partial charge in [-0.2, -0.15) is 5.10 Å². The fraction of sp³-hybridized carbons (Fsp3) is 0.474. The molecule has 0 radical (unpaired) electrons. The van der Waals surface area contributed by atoms with Crippen LogP contribution in [0, 0.1) is 6.92 Å². The number of carbonyl (C=O) groups is 1. The molecule has 6 heteroatoms. The average Bonchev–Trinajstić information content (AvgIpc) is 3.10. The summed E-state index contributed by atoms with van der Waals surface area (Å²) < 4.78 is 7.01. The van der Waals surface area contributed by atoms with Gasteiger partial charge in [-0.1, -0.05) is 25.3 Å². The first-order valence-corrected chi connectivity index (χ1v) is 8.72. The van der Waals surface area contributed by atoms with Crippen molar-refractivity contribution < 1.29 is 14.6 Å². The quantitative estimate of drug-likeness (QED) is 0.875. The van der Waals surface area contributed by atoms with Crippen LogP contribution < -0.4 is 10.1 Å². The number of benzene rings is 1. The van der Waals surface area contributed by atoms with Gasteiger partial charge in [-0.3, -0.25) is 4.79 Å². The molecule has 1 saturated carbocycles. The molecule has 0 atom stereocenters. The molecule has 0 spiro atoms. The monoisotopic (exact) mass is 343 g/mol. The largest absolute Gasteiger partial charge is 0.494 e. The molecule has 134 valence electrons. The van der Waals surface area contributed by atoms with Gasteiger partial charge in [-0.05, 0) is 43.5 Å². The van der Waals surface area contributed by atoms with Crippen molar-refractivity contribution in [2.45, 2.75) is 44.6 Å². The van der Waals surface area contributed by atoms with Crippen molar-refractivity contribution in [2.24, 2.45) is 0 Å². The summed E-state index contributed by atoms with van der Waals surface area (Å²) >= 11 is 0. The van der Waals surface area contributed by atoms with Gasteiger partial charge in [0.15, 0.2) is 5.69 Å². The third kappa shape index (κ3) is 4.02. The summed E-state index contributed by atoms with van der Waals surface area (Å²) in [4.78, 5) is 12.4. The minimum Gasteiger partial charge on any atom is -0.494 e. The van der Waals surface area contributed by atoms with E-state index in [1.807, 2.05) is 25.1 Å². The number of aliphatic hydroxyl groups is 1. The highest BCUT2D eigenvalue weighted by molar-refractivity contribution is 5.92. The van der Waals surface area contributed by atoms with Gasteiger partial charge in [0.05, 0.1) is 12.7 Å². The molecule has 1 heterocycles. The van der Waals surface area contributed by atoms with Crippen molar-refractivity contribution in [3.63, 3.8) is 0 Å². The standard InChI is InChI=1S/C19H25N3O3/c1-14-6-7-17(25-2)16(12-14)22-11-8-15(21-22)18(23)20-13-19(24)9-4-3-5-10-19/h6-8,11-12,24H,3-5,9-10,13H2,1-2H3,(H,20,23). The highest BCUT2D eigenvalue weighted by Gasteiger charge is 2.29. The Morgan fingerprint density at radius 3 is 2.80 bits per heavy atom. The number of hydrogen-bond acceptors (Lipinski definition) is 4. The molecule has 1 amide bonds. The summed E-state index contributed by atoms with van der Waals surface area (Å²) in [6, 6.07) is 7.47. The summed E-state index contributed by atoms with van der Waals surface area (Å²) in [5.74, 6) is 0.418. The van der Waals surface area contributed by atoms with Crippen molar-refractivity contribution >= 4 is 5.91 Å². The maximum atomic E-state index is 12.4. The van der Waals surface area contributed by atoms with Gasteiger partial charge in [0.1, 0.15) is 11.4 Å². The van der Waals surface area contributed by atoms with E-state index in [1.165, 1.54) is 0 Å². The highest BCUT2D eigenvalue weighted by atomic mass is 16.5. The maximum Gasteiger partial charge on any atom is 0.271 e. The normalized spacial score (nSPS) is 16.4. The van der Waals surface area contributed by atoms with E-state index in [1.54, 1.807) is 24.1 Å². The Kier molecular flexibility index (Phi) is 5.08. The maximum absolute atomic E-state index is 12.4. The van der Waals surface area contributed by atoms with Crippen molar-refractivity contribution in [2.75, 3.05) is 13.7 Å². The Hall–Kier alpha value is -2.34. The molecule has 1 aromatic heterocycles. The average molecular weight is 343 g/mol. The van der Waals surface area contributed by atoms with Crippen molar-refractivity contribution in [1.82, 2.24) is 15.1 Å². The Morgan fingerprint density at radius 1 is 1.32 bits per heavy atom. The fourth-order valence-electron chi connectivity index (χ4n) is 3.28. The Labute approximate surface area is 147 Å². The van der Waals surface area contributed by atoms with E-state index in [2.05, 4.69) is 10.4 Å². The van der Waals surface area contributed by atoms with Crippen LogP contribution in [0.3, 0.4) is 0 Å². The number of amides is 1. The smallest absolute Gasteiger partial charge is 0.271 e. The zero-order valence-electron chi connectivity index (χ0n) is 14.8. The molecule has 3 rings (SSSR count). The molecule has 0 aliphatic heterocycles. The number of hydrogen-bond donors (Lipinski definition) is 2. The predicted molar refractivity (Wildman–Crippen MR) is 95.2 cm³/mol. The molecule has 25 heavy (non-hydrogen) atoms. The molecule has 1 fully saturated rings. The first kappa shape index (κ1) is 17.5. The highest BCUT2D eigenvalue weighted by Crippen LogP contribution is 2.27. The minimum absolute atomic E-state index is 0.270. The lowest BCUT2D eigenvalue weighted by atomic mass is 9.85. The van der Waals surface area contributed by atoms with Gasteiger partial charge in [-0.15, -0.1) is 0 Å². The van der Waals surface area contributed by atoms with Crippen LogP contribution in [0.4, 0.5) is 0 Å². The summed E-state index contributed by atoms with van der Waals surface area (Å²) in [7, 11) is 1.61. The van der Waals surface area contributed by atoms with E-state index < -0.39 is 5.60 Å². The van der Waals surface area contributed by atoms with Crippen molar-refractivity contribution in [3.05, 3.63) is 41.7 Å². The topological polar surface area (TPSA) is 76.4 Å². The lowest BCUT2D eigenvalue weighted by Crippen LogP contribution is -2.44. The van der Waals surface area contributed by atoms with Crippen LogP contribution in [0.1, 0.15) is 48.2 Å². The summed E-state index contributed by atoms with van der Waals surface area (Å²) in [5.41, 5.74) is 1.41. The number of nitrogens with zero attached hydrogens (tertiary/aromatic N) is 2. The molecule has 1 aliphatic rings. The van der Waals surface area contributed by atoms with Crippen LogP contribution in [0.25, 0.3) is 5.69 Å². The van der Waals surface area contributed by atoms with E-state index in [0.717, 1.165) is 43.4 Å². The Bertz CT molecular complexity index is 748. The molecule has 0 bridgehead atoms. The molecular formula is C19H25N3O3. The van der Waals surface area contributed by atoms with Crippen LogP contribution in [-0.4, -0.2) is 40.0 Å². The second-order valence-electron chi connectivity index (χ2n) is 6.79. The first-order chi connectivity index (χ1) is 12.0. The van der Waals surface area contributed by atoms with Crippen LogP contribution in [0.15, 0.2) is 30.5 Å². The number of aromatic nitrogens is 2. The van der Waals surface area contributed by atoms with Gasteiger partial charge in [-0.25, -0.2) is 4.68 Å². The van der Waals surface area contributed by atoms with Gasteiger partial charge in [0, 0.05) is 12.7 Å². The summed E-state index contributed by atoms with van der Waals surface area (Å²) in [5, 5.41) is 17.7. The number of methoxy groups -OCH3 is 1. The molecular weight excluding hydrogens is 318 g/mol. The fourth-order valence-corrected chi connectivity index (χ4v) is 3.28. The molecule has 1 aromatic carbocycles. The second kappa shape index (κ2) is 7.27. The SMILES string of the molecule is COc1ccc(C)cc1-n1ccc(C(=O)NCC2(O)CCCCC2)n1. The lowest BCUT2D eigenvalue weighted by Gasteiger charge is -2.31. The van der Waals surface area contributed by atoms with Crippen LogP contribution in [0.2, 0.25) is 0 Å². The summed E-state index contributed by atoms with van der Waals surface area (Å²) in [6.45, 7) is 2.26. The van der Waals surface area contributed by atoms with E-state index in [9.17, 15) is 9.90 Å². The van der Waals surface area contributed by atoms with E-state index in [-0.39, 0.29) is 12.5 Å². The van der Waals surface area contributed by atoms with Crippen LogP contribution in [-0.2, 0) is 0 Å². The second-order valence-corrected chi connectivity index (χ2v) is 6.79. The molecule has 6 nitrogen and oxygen atoms in total. The molecule has 2 N–H and O–H groups in total. The number of aryl methyl sites for hydroxylation is 1. The van der Waals surface area contributed by atoms with E-state index in [0.29, 0.717) is 11.4 Å². The van der Waals surface area contributed by atoms with Crippen molar-refractivity contribution in [1.29, 1.82) is 0 Å². The molecule has 0 unspecified atom stereocenters. The van der Waals surface area contributed by atoms with E-state index >= 15 is 0 Å². The zero-order valence-corrected chi connectivity index (χ0v) is 14.8. The molecule has 1 aliphatic carbocycles. The van der Waals surface area contributed by atoms with Gasteiger partial charge in [0.2, 0.25) is 0 Å². The van der Waals surface area contributed by atoms with Gasteiger partial charge >= 0.3 is 0 Å². The van der Waals surface area contributed by atoms with Crippen molar-refractivity contribution in [3.8, 4) is 11.4 Å². The van der Waals surface area contributed by atoms with E-state index in [4.69, 9.17) is 4.74 Å². The molecule has 2 aromatic rings. The lowest BCUT2D eigenvalue weighted by molar-refractivity contribution is 0.00521. The predicted octanol–water partition coefficient (Wildman–Crippen LogP) is 2.61.